The molecule has 1 heterocycles. The summed E-state index contributed by atoms with van der Waals surface area (Å²) in [6.45, 7) is 1.38. The van der Waals surface area contributed by atoms with Gasteiger partial charge in [-0.3, -0.25) is 4.98 Å². The van der Waals surface area contributed by atoms with Crippen molar-refractivity contribution in [2.24, 2.45) is 5.73 Å². The highest BCUT2D eigenvalue weighted by Crippen LogP contribution is 2.15. The Morgan fingerprint density at radius 2 is 2.33 bits per heavy atom. The molecule has 1 rings (SSSR count). The van der Waals surface area contributed by atoms with E-state index in [1.54, 1.807) is 6.92 Å². The highest BCUT2D eigenvalue weighted by atomic mass is 19.1. The first kappa shape index (κ1) is 9.09. The Morgan fingerprint density at radius 1 is 1.67 bits per heavy atom. The van der Waals surface area contributed by atoms with Gasteiger partial charge < -0.3 is 10.8 Å². The molecule has 4 heteroatoms. The van der Waals surface area contributed by atoms with Gasteiger partial charge in [0.1, 0.15) is 5.82 Å². The maximum Gasteiger partial charge on any atom is 0.141 e. The molecular formula is C8H11FN2O. The molecule has 0 aromatic carbocycles. The van der Waals surface area contributed by atoms with Gasteiger partial charge in [-0.15, -0.1) is 0 Å². The zero-order valence-corrected chi connectivity index (χ0v) is 6.79. The number of rotatable bonds is 2. The molecule has 12 heavy (non-hydrogen) atoms. The Balaban J connectivity index is 3.03. The van der Waals surface area contributed by atoms with Crippen LogP contribution in [0.1, 0.15) is 12.5 Å². The van der Waals surface area contributed by atoms with Crippen LogP contribution in [0.3, 0.4) is 0 Å². The van der Waals surface area contributed by atoms with Gasteiger partial charge >= 0.3 is 0 Å². The highest BCUT2D eigenvalue weighted by molar-refractivity contribution is 5.19. The Labute approximate surface area is 70.0 Å². The lowest BCUT2D eigenvalue weighted by atomic mass is 9.96. The molecule has 1 aromatic rings. The summed E-state index contributed by atoms with van der Waals surface area (Å²) in [6, 6.07) is 1.27. The molecule has 0 saturated heterocycles. The number of aliphatic hydroxyl groups is 1. The topological polar surface area (TPSA) is 59.1 Å². The molecule has 0 spiro atoms. The van der Waals surface area contributed by atoms with Crippen LogP contribution in [0.5, 0.6) is 0 Å². The average Bonchev–Trinajstić information content (AvgIpc) is 2.05. The largest absolute Gasteiger partial charge is 0.394 e. The van der Waals surface area contributed by atoms with Crippen molar-refractivity contribution < 1.29 is 9.50 Å². The molecule has 0 saturated carbocycles. The first-order valence-corrected chi connectivity index (χ1v) is 3.57. The zero-order valence-electron chi connectivity index (χ0n) is 6.79. The third-order valence-electron chi connectivity index (χ3n) is 1.69. The highest BCUT2D eigenvalue weighted by Gasteiger charge is 2.20. The zero-order chi connectivity index (χ0) is 9.19. The first-order valence-electron chi connectivity index (χ1n) is 3.57. The Hall–Kier alpha value is -1.00. The van der Waals surface area contributed by atoms with E-state index in [2.05, 4.69) is 4.98 Å². The van der Waals surface area contributed by atoms with E-state index < -0.39 is 11.4 Å². The summed E-state index contributed by atoms with van der Waals surface area (Å²) in [5, 5.41) is 8.86. The van der Waals surface area contributed by atoms with E-state index >= 15 is 0 Å². The maximum atomic E-state index is 12.6. The molecular weight excluding hydrogens is 159 g/mol. The second kappa shape index (κ2) is 3.16. The summed E-state index contributed by atoms with van der Waals surface area (Å²) >= 11 is 0. The Kier molecular flexibility index (Phi) is 2.40. The van der Waals surface area contributed by atoms with Crippen LogP contribution >= 0.6 is 0 Å². The van der Waals surface area contributed by atoms with Crippen LogP contribution < -0.4 is 5.73 Å². The third-order valence-corrected chi connectivity index (χ3v) is 1.69. The Bertz CT molecular complexity index is 276. The van der Waals surface area contributed by atoms with E-state index in [0.29, 0.717) is 5.56 Å². The fraction of sp³-hybridized carbons (Fsp3) is 0.375. The predicted octanol–water partition coefficient (Wildman–Crippen LogP) is 0.387. The van der Waals surface area contributed by atoms with Crippen LogP contribution in [-0.4, -0.2) is 16.7 Å². The molecule has 0 aliphatic heterocycles. The van der Waals surface area contributed by atoms with Gasteiger partial charge in [0.05, 0.1) is 18.3 Å². The third kappa shape index (κ3) is 1.78. The number of hydrogen-bond acceptors (Lipinski definition) is 3. The molecule has 1 unspecified atom stereocenters. The molecule has 0 aliphatic rings. The van der Waals surface area contributed by atoms with Gasteiger partial charge in [0.2, 0.25) is 0 Å². The molecule has 3 nitrogen and oxygen atoms in total. The fourth-order valence-electron chi connectivity index (χ4n) is 0.815. The number of aliphatic hydroxyl groups excluding tert-OH is 1. The number of halogens is 1. The van der Waals surface area contributed by atoms with Crippen LogP contribution in [0.25, 0.3) is 0 Å². The van der Waals surface area contributed by atoms with Crippen LogP contribution in [0, 0.1) is 5.82 Å². The minimum Gasteiger partial charge on any atom is -0.394 e. The molecule has 0 radical (unpaired) electrons. The lowest BCUT2D eigenvalue weighted by molar-refractivity contribution is 0.209. The van der Waals surface area contributed by atoms with Gasteiger partial charge in [-0.25, -0.2) is 4.39 Å². The molecule has 66 valence electrons. The molecule has 0 amide bonds. The van der Waals surface area contributed by atoms with Gasteiger partial charge in [0.15, 0.2) is 0 Å². The predicted molar refractivity (Wildman–Crippen MR) is 42.8 cm³/mol. The van der Waals surface area contributed by atoms with Gasteiger partial charge in [0.25, 0.3) is 0 Å². The van der Waals surface area contributed by atoms with Crippen molar-refractivity contribution in [3.8, 4) is 0 Å². The number of nitrogens with two attached hydrogens (primary N) is 1. The SMILES string of the molecule is CC(N)(CO)c1cncc(F)c1. The summed E-state index contributed by atoms with van der Waals surface area (Å²) in [5.74, 6) is -0.447. The van der Waals surface area contributed by atoms with E-state index in [9.17, 15) is 4.39 Å². The van der Waals surface area contributed by atoms with Crippen molar-refractivity contribution in [1.82, 2.24) is 4.98 Å². The maximum absolute atomic E-state index is 12.6. The quantitative estimate of drug-likeness (QED) is 0.674. The molecule has 0 aliphatic carbocycles. The molecule has 0 fully saturated rings. The van der Waals surface area contributed by atoms with Crippen molar-refractivity contribution in [1.29, 1.82) is 0 Å². The second-order valence-corrected chi connectivity index (χ2v) is 2.97. The van der Waals surface area contributed by atoms with Gasteiger partial charge in [-0.2, -0.15) is 0 Å². The summed E-state index contributed by atoms with van der Waals surface area (Å²) in [7, 11) is 0. The normalized spacial score (nSPS) is 15.7. The van der Waals surface area contributed by atoms with Crippen molar-refractivity contribution in [3.63, 3.8) is 0 Å². The van der Waals surface area contributed by atoms with Crippen LogP contribution in [0.2, 0.25) is 0 Å². The Morgan fingerprint density at radius 3 is 2.83 bits per heavy atom. The van der Waals surface area contributed by atoms with Crippen molar-refractivity contribution in [3.05, 3.63) is 29.8 Å². The lowest BCUT2D eigenvalue weighted by Crippen LogP contribution is -2.37. The molecule has 1 atom stereocenters. The monoisotopic (exact) mass is 170 g/mol. The van der Waals surface area contributed by atoms with E-state index in [1.807, 2.05) is 0 Å². The van der Waals surface area contributed by atoms with Crippen LogP contribution in [-0.2, 0) is 5.54 Å². The minimum atomic E-state index is -0.922. The summed E-state index contributed by atoms with van der Waals surface area (Å²) in [4.78, 5) is 3.63. The van der Waals surface area contributed by atoms with Crippen molar-refractivity contribution in [2.45, 2.75) is 12.5 Å². The van der Waals surface area contributed by atoms with Crippen molar-refractivity contribution >= 4 is 0 Å². The van der Waals surface area contributed by atoms with Crippen LogP contribution in [0.15, 0.2) is 18.5 Å². The minimum absolute atomic E-state index is 0.238. The number of pyridine rings is 1. The average molecular weight is 170 g/mol. The van der Waals surface area contributed by atoms with Gasteiger partial charge in [-0.05, 0) is 18.6 Å². The molecule has 1 aromatic heterocycles. The van der Waals surface area contributed by atoms with Gasteiger partial charge in [0, 0.05) is 6.20 Å². The summed E-state index contributed by atoms with van der Waals surface area (Å²) in [5.41, 5.74) is 5.22. The number of hydrogen-bond donors (Lipinski definition) is 2. The lowest BCUT2D eigenvalue weighted by Gasteiger charge is -2.21. The van der Waals surface area contributed by atoms with E-state index in [0.717, 1.165) is 6.20 Å². The summed E-state index contributed by atoms with van der Waals surface area (Å²) < 4.78 is 12.6. The smallest absolute Gasteiger partial charge is 0.141 e. The van der Waals surface area contributed by atoms with E-state index in [1.165, 1.54) is 12.3 Å². The fourth-order valence-corrected chi connectivity index (χ4v) is 0.815. The summed E-state index contributed by atoms with van der Waals surface area (Å²) in [6.07, 6.45) is 2.54. The number of aromatic nitrogens is 1. The molecule has 3 N–H and O–H groups in total. The van der Waals surface area contributed by atoms with E-state index in [4.69, 9.17) is 10.8 Å². The van der Waals surface area contributed by atoms with E-state index in [-0.39, 0.29) is 6.61 Å². The molecule has 0 bridgehead atoms. The van der Waals surface area contributed by atoms with Crippen LogP contribution in [0.4, 0.5) is 4.39 Å². The van der Waals surface area contributed by atoms with Gasteiger partial charge in [-0.1, -0.05) is 0 Å². The number of nitrogens with zero attached hydrogens (tertiary/aromatic N) is 1. The second-order valence-electron chi connectivity index (χ2n) is 2.97. The first-order chi connectivity index (χ1) is 5.56. The standard InChI is InChI=1S/C8H11FN2O/c1-8(10,5-12)6-2-7(9)4-11-3-6/h2-4,12H,5,10H2,1H3. The van der Waals surface area contributed by atoms with Crippen molar-refractivity contribution in [2.75, 3.05) is 6.61 Å².